The Kier molecular flexibility index (Phi) is 8.23. The molecule has 0 radical (unpaired) electrons. The number of carbonyl (C=O) groups excluding carboxylic acids is 1. The number of benzene rings is 1. The number of aliphatic carboxylic acids is 1. The first-order valence-electron chi connectivity index (χ1n) is 9.17. The minimum atomic E-state index is -1.07. The Balaban J connectivity index is 1.89. The van der Waals surface area contributed by atoms with Crippen molar-refractivity contribution in [3.05, 3.63) is 47.5 Å². The maximum atomic E-state index is 13.1. The molecule has 1 heterocycles. The van der Waals surface area contributed by atoms with Gasteiger partial charge in [0.2, 0.25) is 11.6 Å². The number of nitrogens with two attached hydrogens (primary N) is 2. The minimum Gasteiger partial charge on any atom is -0.481 e. The fourth-order valence-corrected chi connectivity index (χ4v) is 2.78. The van der Waals surface area contributed by atoms with Crippen molar-refractivity contribution in [2.24, 2.45) is 16.5 Å². The van der Waals surface area contributed by atoms with Crippen LogP contribution in [0, 0.1) is 5.82 Å². The van der Waals surface area contributed by atoms with Crippen molar-refractivity contribution < 1.29 is 23.8 Å². The van der Waals surface area contributed by atoms with Gasteiger partial charge in [0.05, 0.1) is 32.1 Å². The number of aromatic amines is 1. The predicted molar refractivity (Wildman–Crippen MR) is 105 cm³/mol. The monoisotopic (exact) mass is 421 g/mol. The summed E-state index contributed by atoms with van der Waals surface area (Å²) < 4.78 is 14.8. The quantitative estimate of drug-likeness (QED) is 0.174. The van der Waals surface area contributed by atoms with Gasteiger partial charge in [-0.05, 0) is 24.7 Å². The van der Waals surface area contributed by atoms with Crippen molar-refractivity contribution in [2.75, 3.05) is 20.1 Å². The van der Waals surface area contributed by atoms with E-state index in [1.54, 1.807) is 22.8 Å². The molecule has 1 atom stereocenters. The maximum absolute atomic E-state index is 13.1. The molecule has 0 fully saturated rings. The lowest BCUT2D eigenvalue weighted by atomic mass is 10.0. The highest BCUT2D eigenvalue weighted by Gasteiger charge is 2.20. The second-order valence-corrected chi connectivity index (χ2v) is 6.77. The first-order chi connectivity index (χ1) is 14.2. The number of nitrogens with one attached hydrogen (secondary N) is 2. The third-order valence-electron chi connectivity index (χ3n) is 4.09. The van der Waals surface area contributed by atoms with Crippen LogP contribution in [0.25, 0.3) is 0 Å². The number of aliphatic imine (C=N–C) groups is 1. The lowest BCUT2D eigenvalue weighted by Crippen LogP contribution is -2.38. The number of aromatic nitrogens is 3. The lowest BCUT2D eigenvalue weighted by molar-refractivity contribution is -0.751. The number of carboxylic acid groups (broad SMARTS) is 1. The molecular formula is C18H26FN8O3+. The Morgan fingerprint density at radius 2 is 2.07 bits per heavy atom. The number of H-pyrrole nitrogens is 1. The topological polar surface area (TPSA) is 167 Å². The van der Waals surface area contributed by atoms with E-state index in [4.69, 9.17) is 16.6 Å². The van der Waals surface area contributed by atoms with E-state index in [2.05, 4.69) is 20.6 Å². The van der Waals surface area contributed by atoms with E-state index in [-0.39, 0.29) is 24.8 Å². The number of amides is 1. The van der Waals surface area contributed by atoms with Crippen LogP contribution in [0.2, 0.25) is 0 Å². The van der Waals surface area contributed by atoms with Crippen LogP contribution >= 0.6 is 0 Å². The van der Waals surface area contributed by atoms with E-state index in [9.17, 15) is 14.0 Å². The van der Waals surface area contributed by atoms with Crippen molar-refractivity contribution in [2.45, 2.75) is 25.6 Å². The Hall–Kier alpha value is -3.54. The summed E-state index contributed by atoms with van der Waals surface area (Å²) in [6.07, 6.45) is 1.47. The number of rotatable bonds is 11. The smallest absolute Gasteiger partial charge is 0.305 e. The number of nitrogens with zero attached hydrogens (tertiary/aromatic N) is 4. The second kappa shape index (κ2) is 10.9. The summed E-state index contributed by atoms with van der Waals surface area (Å²) in [7, 11) is 1.74. The van der Waals surface area contributed by atoms with E-state index in [0.717, 1.165) is 0 Å². The molecule has 0 saturated carbocycles. The van der Waals surface area contributed by atoms with Crippen LogP contribution in [0.1, 0.15) is 23.7 Å². The highest BCUT2D eigenvalue weighted by atomic mass is 19.1. The van der Waals surface area contributed by atoms with E-state index < -0.39 is 17.8 Å². The molecule has 162 valence electrons. The molecule has 11 nitrogen and oxygen atoms in total. The van der Waals surface area contributed by atoms with Gasteiger partial charge in [0.25, 0.3) is 0 Å². The predicted octanol–water partition coefficient (Wildman–Crippen LogP) is -1.13. The van der Waals surface area contributed by atoms with Crippen LogP contribution in [0.4, 0.5) is 4.39 Å². The first-order valence-corrected chi connectivity index (χ1v) is 9.17. The summed E-state index contributed by atoms with van der Waals surface area (Å²) in [5, 5.41) is 18.8. The molecule has 0 saturated heterocycles. The zero-order chi connectivity index (χ0) is 22.1. The van der Waals surface area contributed by atoms with Crippen molar-refractivity contribution >= 4 is 17.8 Å². The zero-order valence-electron chi connectivity index (χ0n) is 16.6. The van der Waals surface area contributed by atoms with Gasteiger partial charge in [0.1, 0.15) is 12.4 Å². The number of hydrogen-bond donors (Lipinski definition) is 5. The molecule has 0 bridgehead atoms. The maximum Gasteiger partial charge on any atom is 0.305 e. The van der Waals surface area contributed by atoms with Crippen LogP contribution in [0.5, 0.6) is 0 Å². The van der Waals surface area contributed by atoms with E-state index in [0.29, 0.717) is 30.9 Å². The highest BCUT2D eigenvalue weighted by molar-refractivity contribution is 5.79. The Bertz CT molecular complexity index is 880. The van der Waals surface area contributed by atoms with Crippen LogP contribution < -0.4 is 21.5 Å². The van der Waals surface area contributed by atoms with Gasteiger partial charge in [-0.2, -0.15) is 4.68 Å². The first kappa shape index (κ1) is 22.7. The van der Waals surface area contributed by atoms with Crippen molar-refractivity contribution in [1.82, 2.24) is 20.5 Å². The van der Waals surface area contributed by atoms with Gasteiger partial charge in [0, 0.05) is 5.10 Å². The zero-order valence-corrected chi connectivity index (χ0v) is 16.6. The average molecular weight is 421 g/mol. The lowest BCUT2D eigenvalue weighted by Gasteiger charge is -2.20. The van der Waals surface area contributed by atoms with Gasteiger partial charge in [-0.15, -0.1) is 0 Å². The number of hydrogen-bond acceptors (Lipinski definition) is 5. The molecule has 0 aliphatic heterocycles. The van der Waals surface area contributed by atoms with Crippen LogP contribution in [0.3, 0.4) is 0 Å². The van der Waals surface area contributed by atoms with Gasteiger partial charge in [-0.3, -0.25) is 14.5 Å². The molecule has 30 heavy (non-hydrogen) atoms. The molecule has 0 unspecified atom stereocenters. The van der Waals surface area contributed by atoms with E-state index >= 15 is 0 Å². The number of carbonyl (C=O) groups is 2. The van der Waals surface area contributed by atoms with Gasteiger partial charge >= 0.3 is 5.97 Å². The van der Waals surface area contributed by atoms with Crippen molar-refractivity contribution in [3.8, 4) is 0 Å². The standard InChI is InChI=1S/C18H25FN8O3/c1-26(9-14-10-27(25-24-14)7-6-22-18(20)21)11-16(28)23-15(8-17(29)30)12-2-4-13(19)5-3-12/h2-5,10,15H,6-9,11H2,1H3,(H6,20,21,22,23,28,29,30)/p+1/t15-/m1/s1. The molecule has 7 N–H and O–H groups in total. The SMILES string of the molecule is CN(CC(=O)N[C@H](CC(=O)O)c1ccc(F)cc1)Cc1c[n+](CCN=C(N)N)[nH]n1. The van der Waals surface area contributed by atoms with E-state index in [1.807, 2.05) is 0 Å². The fourth-order valence-electron chi connectivity index (χ4n) is 2.78. The molecule has 1 aromatic carbocycles. The van der Waals surface area contributed by atoms with Crippen LogP contribution in [-0.2, 0) is 22.7 Å². The normalized spacial score (nSPS) is 11.8. The van der Waals surface area contributed by atoms with Gasteiger partial charge in [-0.25, -0.2) is 9.38 Å². The Morgan fingerprint density at radius 1 is 1.37 bits per heavy atom. The number of carboxylic acids is 1. The molecule has 2 rings (SSSR count). The Labute approximate surface area is 172 Å². The van der Waals surface area contributed by atoms with Gasteiger partial charge in [-0.1, -0.05) is 17.3 Å². The van der Waals surface area contributed by atoms with Crippen molar-refractivity contribution in [3.63, 3.8) is 0 Å². The summed E-state index contributed by atoms with van der Waals surface area (Å²) >= 11 is 0. The number of guanidine groups is 1. The van der Waals surface area contributed by atoms with Gasteiger partial charge in [0.15, 0.2) is 12.2 Å². The minimum absolute atomic E-state index is 0.0166. The summed E-state index contributed by atoms with van der Waals surface area (Å²) in [4.78, 5) is 29.1. The molecule has 1 amide bonds. The molecule has 2 aromatic rings. The molecule has 1 aromatic heterocycles. The number of likely N-dealkylation sites (N-methyl/N-ethyl adjacent to an activating group) is 1. The fraction of sp³-hybridized carbons (Fsp3) is 0.389. The largest absolute Gasteiger partial charge is 0.481 e. The molecular weight excluding hydrogens is 395 g/mol. The van der Waals surface area contributed by atoms with E-state index in [1.165, 1.54) is 24.3 Å². The average Bonchev–Trinajstić information content (AvgIpc) is 3.08. The third-order valence-corrected chi connectivity index (χ3v) is 4.09. The van der Waals surface area contributed by atoms with Crippen LogP contribution in [0.15, 0.2) is 35.5 Å². The molecule has 0 spiro atoms. The van der Waals surface area contributed by atoms with Gasteiger partial charge < -0.3 is 21.9 Å². The summed E-state index contributed by atoms with van der Waals surface area (Å²) in [6, 6.07) is 4.60. The van der Waals surface area contributed by atoms with Crippen LogP contribution in [-0.4, -0.2) is 58.3 Å². The summed E-state index contributed by atoms with van der Waals surface area (Å²) in [5.41, 5.74) is 11.8. The molecule has 0 aliphatic rings. The number of halogens is 1. The third kappa shape index (κ3) is 7.83. The molecule has 0 aliphatic carbocycles. The van der Waals surface area contributed by atoms with Crippen molar-refractivity contribution in [1.29, 1.82) is 0 Å². The summed E-state index contributed by atoms with van der Waals surface area (Å²) in [6.45, 7) is 1.34. The summed E-state index contributed by atoms with van der Waals surface area (Å²) in [5.74, 6) is -1.85. The second-order valence-electron chi connectivity index (χ2n) is 6.77. The molecule has 12 heteroatoms. The Morgan fingerprint density at radius 3 is 2.70 bits per heavy atom. The highest BCUT2D eigenvalue weighted by Crippen LogP contribution is 2.17.